The predicted octanol–water partition coefficient (Wildman–Crippen LogP) is 1.96. The van der Waals surface area contributed by atoms with Crippen molar-refractivity contribution in [2.45, 2.75) is 37.8 Å². The van der Waals surface area contributed by atoms with Gasteiger partial charge in [-0.3, -0.25) is 0 Å². The first-order valence-corrected chi connectivity index (χ1v) is 11.7. The second-order valence-electron chi connectivity index (χ2n) is 8.02. The van der Waals surface area contributed by atoms with Gasteiger partial charge in [0.25, 0.3) is 0 Å². The number of rotatable bonds is 9. The van der Waals surface area contributed by atoms with Crippen LogP contribution in [0.2, 0.25) is 0 Å². The van der Waals surface area contributed by atoms with Crippen molar-refractivity contribution >= 4 is 27.8 Å². The molecule has 3 heterocycles. The number of fused-ring (bicyclic) bond motifs is 1. The lowest BCUT2D eigenvalue weighted by Gasteiger charge is -2.42. The van der Waals surface area contributed by atoms with Gasteiger partial charge in [-0.1, -0.05) is 0 Å². The minimum absolute atomic E-state index is 0.276. The molecule has 2 fully saturated rings. The maximum atomic E-state index is 12.8. The van der Waals surface area contributed by atoms with Crippen molar-refractivity contribution in [1.29, 1.82) is 0 Å². The molecule has 0 spiro atoms. The van der Waals surface area contributed by atoms with Crippen molar-refractivity contribution in [3.05, 3.63) is 18.6 Å². The van der Waals surface area contributed by atoms with Crippen LogP contribution in [0.25, 0.3) is 11.0 Å². The van der Waals surface area contributed by atoms with Crippen LogP contribution in [0.15, 0.2) is 18.6 Å². The number of ether oxygens (including phenoxy) is 2. The maximum absolute atomic E-state index is 12.8. The molecule has 8 nitrogen and oxygen atoms in total. The van der Waals surface area contributed by atoms with Gasteiger partial charge in [0, 0.05) is 45.2 Å². The Balaban J connectivity index is 1.21. The van der Waals surface area contributed by atoms with E-state index >= 15 is 0 Å². The zero-order valence-electron chi connectivity index (χ0n) is 17.2. The molecule has 2 aromatic rings. The zero-order valence-corrected chi connectivity index (χ0v) is 18.1. The number of aromatic nitrogens is 3. The Bertz CT molecular complexity index is 817. The number of aromatic amines is 1. The van der Waals surface area contributed by atoms with Crippen LogP contribution in [0.5, 0.6) is 0 Å². The number of anilines is 1. The first kappa shape index (κ1) is 20.7. The smallest absolute Gasteiger partial charge is 0.142 e. The second kappa shape index (κ2) is 9.51. The summed E-state index contributed by atoms with van der Waals surface area (Å²) >= 11 is 0. The van der Waals surface area contributed by atoms with E-state index in [1.165, 1.54) is 0 Å². The second-order valence-corrected chi connectivity index (χ2v) is 9.51. The highest BCUT2D eigenvalue weighted by molar-refractivity contribution is 7.82. The largest absolute Gasteiger partial charge is 0.382 e. The highest BCUT2D eigenvalue weighted by atomic mass is 32.2. The molecule has 1 saturated carbocycles. The van der Waals surface area contributed by atoms with Gasteiger partial charge in [-0.05, 0) is 37.7 Å². The van der Waals surface area contributed by atoms with Crippen LogP contribution < -0.4 is 4.90 Å². The molecule has 2 aromatic heterocycles. The van der Waals surface area contributed by atoms with Crippen LogP contribution >= 0.6 is 0 Å². The van der Waals surface area contributed by atoms with Crippen LogP contribution in [0, 0.1) is 5.92 Å². The molecule has 1 N–H and O–H groups in total. The number of H-pyrrole nitrogens is 1. The Morgan fingerprint density at radius 2 is 2.07 bits per heavy atom. The molecule has 2 aliphatic rings. The fourth-order valence-corrected chi connectivity index (χ4v) is 5.78. The first-order valence-electron chi connectivity index (χ1n) is 10.4. The molecule has 0 bridgehead atoms. The van der Waals surface area contributed by atoms with Crippen molar-refractivity contribution in [2.24, 2.45) is 5.92 Å². The maximum Gasteiger partial charge on any atom is 0.142 e. The van der Waals surface area contributed by atoms with Crippen LogP contribution in [0.3, 0.4) is 0 Å². The monoisotopic (exact) mass is 421 g/mol. The minimum Gasteiger partial charge on any atom is -0.382 e. The average Bonchev–Trinajstić information content (AvgIpc) is 3.19. The van der Waals surface area contributed by atoms with E-state index in [-0.39, 0.29) is 6.10 Å². The van der Waals surface area contributed by atoms with Gasteiger partial charge in [-0.25, -0.2) is 18.5 Å². The lowest BCUT2D eigenvalue weighted by Crippen LogP contribution is -2.47. The fourth-order valence-electron chi connectivity index (χ4n) is 4.27. The van der Waals surface area contributed by atoms with E-state index in [0.29, 0.717) is 25.2 Å². The quantitative estimate of drug-likeness (QED) is 0.623. The molecule has 160 valence electrons. The van der Waals surface area contributed by atoms with Crippen molar-refractivity contribution in [3.8, 4) is 0 Å². The van der Waals surface area contributed by atoms with Crippen molar-refractivity contribution in [1.82, 2.24) is 19.3 Å². The number of methoxy groups -OCH3 is 1. The molecule has 0 amide bonds. The van der Waals surface area contributed by atoms with Gasteiger partial charge in [0.05, 0.1) is 35.7 Å². The molecule has 1 saturated heterocycles. The average molecular weight is 422 g/mol. The SMILES string of the molecule is COCCOC1CCN(S(=O)CC2CC(N(C)c3ncnc4[nH]ccc34)C2)CC1. The molecular formula is C20H31N5O3S. The van der Waals surface area contributed by atoms with Crippen LogP contribution in [-0.4, -0.2) is 81.8 Å². The van der Waals surface area contributed by atoms with Gasteiger partial charge in [0.15, 0.2) is 0 Å². The van der Waals surface area contributed by atoms with E-state index in [1.807, 2.05) is 12.3 Å². The third kappa shape index (κ3) is 4.79. The molecular weight excluding hydrogens is 390 g/mol. The van der Waals surface area contributed by atoms with Crippen LogP contribution in [-0.2, 0) is 20.5 Å². The Morgan fingerprint density at radius 1 is 1.28 bits per heavy atom. The van der Waals surface area contributed by atoms with Gasteiger partial charge >= 0.3 is 0 Å². The highest BCUT2D eigenvalue weighted by Crippen LogP contribution is 2.35. The lowest BCUT2D eigenvalue weighted by atomic mass is 9.81. The first-order chi connectivity index (χ1) is 14.2. The zero-order chi connectivity index (χ0) is 20.2. The van der Waals surface area contributed by atoms with Gasteiger partial charge in [-0.15, -0.1) is 0 Å². The molecule has 1 aliphatic heterocycles. The summed E-state index contributed by atoms with van der Waals surface area (Å²) in [6, 6.07) is 2.47. The third-order valence-electron chi connectivity index (χ3n) is 6.13. The Morgan fingerprint density at radius 3 is 2.83 bits per heavy atom. The molecule has 9 heteroatoms. The van der Waals surface area contributed by atoms with Gasteiger partial charge in [0.2, 0.25) is 0 Å². The predicted molar refractivity (Wildman–Crippen MR) is 114 cm³/mol. The van der Waals surface area contributed by atoms with E-state index < -0.39 is 11.0 Å². The summed E-state index contributed by atoms with van der Waals surface area (Å²) in [5, 5.41) is 1.05. The summed E-state index contributed by atoms with van der Waals surface area (Å²) in [4.78, 5) is 14.1. The summed E-state index contributed by atoms with van der Waals surface area (Å²) < 4.78 is 25.8. The summed E-state index contributed by atoms with van der Waals surface area (Å²) in [6.07, 6.45) is 7.81. The summed E-state index contributed by atoms with van der Waals surface area (Å²) in [5.41, 5.74) is 0.869. The standard InChI is InChI=1S/C20H31N5O3S/c1-24(20-18-3-6-21-19(18)22-14-23-20)16-11-15(12-16)13-29(26)25-7-4-17(5-8-25)28-10-9-27-2/h3,6,14-17H,4-5,7-13H2,1-2H3,(H,21,22,23). The number of nitrogens with zero attached hydrogens (tertiary/aromatic N) is 4. The van der Waals surface area contributed by atoms with Gasteiger partial charge < -0.3 is 19.4 Å². The molecule has 0 aromatic carbocycles. The van der Waals surface area contributed by atoms with E-state index in [4.69, 9.17) is 9.47 Å². The number of nitrogens with one attached hydrogen (secondary N) is 1. The Kier molecular flexibility index (Phi) is 6.79. The molecule has 1 unspecified atom stereocenters. The summed E-state index contributed by atoms with van der Waals surface area (Å²) in [6.45, 7) is 2.98. The Hall–Kier alpha value is -1.55. The van der Waals surface area contributed by atoms with Gasteiger partial charge in [-0.2, -0.15) is 0 Å². The molecule has 1 aliphatic carbocycles. The van der Waals surface area contributed by atoms with E-state index in [9.17, 15) is 4.21 Å². The minimum atomic E-state index is -0.892. The molecule has 0 radical (unpaired) electrons. The fraction of sp³-hybridized carbons (Fsp3) is 0.700. The van der Waals surface area contributed by atoms with Crippen molar-refractivity contribution in [3.63, 3.8) is 0 Å². The topological polar surface area (TPSA) is 83.6 Å². The van der Waals surface area contributed by atoms with Crippen molar-refractivity contribution < 1.29 is 13.7 Å². The lowest BCUT2D eigenvalue weighted by molar-refractivity contribution is -0.00462. The summed E-state index contributed by atoms with van der Waals surface area (Å²) in [7, 11) is 2.89. The normalized spacial score (nSPS) is 24.5. The third-order valence-corrected chi connectivity index (χ3v) is 7.83. The van der Waals surface area contributed by atoms with Crippen LogP contribution in [0.4, 0.5) is 5.82 Å². The highest BCUT2D eigenvalue weighted by Gasteiger charge is 2.35. The van der Waals surface area contributed by atoms with E-state index in [0.717, 1.165) is 61.4 Å². The van der Waals surface area contributed by atoms with Crippen LogP contribution in [0.1, 0.15) is 25.7 Å². The van der Waals surface area contributed by atoms with E-state index in [1.54, 1.807) is 13.4 Å². The Labute approximate surface area is 174 Å². The summed E-state index contributed by atoms with van der Waals surface area (Å²) in [5.74, 6) is 2.25. The number of hydrogen-bond donors (Lipinski definition) is 1. The van der Waals surface area contributed by atoms with Crippen molar-refractivity contribution in [2.75, 3.05) is 51.1 Å². The number of piperidine rings is 1. The number of hydrogen-bond acceptors (Lipinski definition) is 6. The molecule has 29 heavy (non-hydrogen) atoms. The van der Waals surface area contributed by atoms with E-state index in [2.05, 4.69) is 31.2 Å². The molecule has 1 atom stereocenters. The van der Waals surface area contributed by atoms with Gasteiger partial charge in [0.1, 0.15) is 17.8 Å². The molecule has 4 rings (SSSR count).